The van der Waals surface area contributed by atoms with Crippen LogP contribution in [-0.4, -0.2) is 37.1 Å². The minimum Gasteiger partial charge on any atom is -0.497 e. The van der Waals surface area contributed by atoms with Gasteiger partial charge in [-0.2, -0.15) is 0 Å². The summed E-state index contributed by atoms with van der Waals surface area (Å²) in [6, 6.07) is 11.1. The third kappa shape index (κ3) is 3.20. The van der Waals surface area contributed by atoms with E-state index >= 15 is 0 Å². The summed E-state index contributed by atoms with van der Waals surface area (Å²) < 4.78 is 6.81. The van der Waals surface area contributed by atoms with E-state index in [1.165, 1.54) is 0 Å². The van der Waals surface area contributed by atoms with Crippen molar-refractivity contribution in [2.45, 2.75) is 12.8 Å². The van der Waals surface area contributed by atoms with Gasteiger partial charge in [-0.05, 0) is 29.8 Å². The standard InChI is InChI=1S/C16H16N4O3/c1-23-13-4-2-11(3-5-13)10-20-14(12-6-8-17-9-7-12)18-19-15(20)16(21)22/h2-9,16,21-22H,10H2,1H3. The van der Waals surface area contributed by atoms with Gasteiger partial charge in [-0.1, -0.05) is 12.1 Å². The number of aliphatic hydroxyl groups is 2. The molecular weight excluding hydrogens is 296 g/mol. The van der Waals surface area contributed by atoms with Gasteiger partial charge in [0.25, 0.3) is 0 Å². The Balaban J connectivity index is 2.00. The van der Waals surface area contributed by atoms with Crippen LogP contribution in [0, 0.1) is 0 Å². The van der Waals surface area contributed by atoms with E-state index < -0.39 is 6.29 Å². The molecule has 0 atom stereocenters. The summed E-state index contributed by atoms with van der Waals surface area (Å²) in [5.74, 6) is 1.40. The minimum atomic E-state index is -1.70. The third-order valence-corrected chi connectivity index (χ3v) is 3.45. The smallest absolute Gasteiger partial charge is 0.214 e. The van der Waals surface area contributed by atoms with Crippen LogP contribution in [0.2, 0.25) is 0 Å². The molecule has 0 aliphatic carbocycles. The first kappa shape index (κ1) is 15.1. The Kier molecular flexibility index (Phi) is 4.31. The molecule has 2 aromatic heterocycles. The zero-order chi connectivity index (χ0) is 16.2. The van der Waals surface area contributed by atoms with Crippen LogP contribution in [0.5, 0.6) is 5.75 Å². The molecule has 0 aliphatic rings. The molecule has 7 heteroatoms. The highest BCUT2D eigenvalue weighted by molar-refractivity contribution is 5.54. The summed E-state index contributed by atoms with van der Waals surface area (Å²) in [5, 5.41) is 27.0. The average molecular weight is 312 g/mol. The Labute approximate surface area is 132 Å². The summed E-state index contributed by atoms with van der Waals surface area (Å²) >= 11 is 0. The van der Waals surface area contributed by atoms with Crippen LogP contribution < -0.4 is 4.74 Å². The van der Waals surface area contributed by atoms with Gasteiger partial charge in [0.2, 0.25) is 6.29 Å². The van der Waals surface area contributed by atoms with Gasteiger partial charge in [-0.3, -0.25) is 4.98 Å². The SMILES string of the molecule is COc1ccc(Cn2c(-c3ccncc3)nnc2C(O)O)cc1. The maximum Gasteiger partial charge on any atom is 0.214 e. The monoisotopic (exact) mass is 312 g/mol. The molecule has 0 saturated heterocycles. The highest BCUT2D eigenvalue weighted by Crippen LogP contribution is 2.22. The van der Waals surface area contributed by atoms with Gasteiger partial charge in [-0.15, -0.1) is 10.2 Å². The molecule has 3 rings (SSSR count). The molecule has 1 aromatic carbocycles. The first-order valence-electron chi connectivity index (χ1n) is 7.01. The summed E-state index contributed by atoms with van der Waals surface area (Å²) in [7, 11) is 1.61. The number of rotatable bonds is 5. The van der Waals surface area contributed by atoms with Crippen molar-refractivity contribution in [3.8, 4) is 17.1 Å². The number of nitrogens with zero attached hydrogens (tertiary/aromatic N) is 4. The Hall–Kier alpha value is -2.77. The van der Waals surface area contributed by atoms with Gasteiger partial charge < -0.3 is 19.5 Å². The van der Waals surface area contributed by atoms with E-state index in [9.17, 15) is 10.2 Å². The predicted octanol–water partition coefficient (Wildman–Crippen LogP) is 1.38. The molecule has 2 N–H and O–H groups in total. The van der Waals surface area contributed by atoms with Crippen LogP contribution in [0.1, 0.15) is 17.7 Å². The maximum atomic E-state index is 9.52. The number of pyridine rings is 1. The quantitative estimate of drug-likeness (QED) is 0.691. The fraction of sp³-hybridized carbons (Fsp3) is 0.188. The van der Waals surface area contributed by atoms with Crippen molar-refractivity contribution in [3.63, 3.8) is 0 Å². The number of benzene rings is 1. The Morgan fingerprint density at radius 1 is 1.04 bits per heavy atom. The lowest BCUT2D eigenvalue weighted by Crippen LogP contribution is -2.10. The number of ether oxygens (including phenoxy) is 1. The van der Waals surface area contributed by atoms with Gasteiger partial charge in [0.05, 0.1) is 13.7 Å². The van der Waals surface area contributed by atoms with E-state index in [2.05, 4.69) is 15.2 Å². The summed E-state index contributed by atoms with van der Waals surface area (Å²) in [6.45, 7) is 0.404. The Bertz CT molecular complexity index is 770. The molecule has 0 spiro atoms. The average Bonchev–Trinajstić information content (AvgIpc) is 3.00. The normalized spacial score (nSPS) is 11.0. The van der Waals surface area contributed by atoms with Crippen molar-refractivity contribution in [2.75, 3.05) is 7.11 Å². The number of aromatic nitrogens is 4. The van der Waals surface area contributed by atoms with E-state index in [1.807, 2.05) is 24.3 Å². The second-order valence-electron chi connectivity index (χ2n) is 4.93. The van der Waals surface area contributed by atoms with Crippen LogP contribution in [-0.2, 0) is 6.54 Å². The van der Waals surface area contributed by atoms with Crippen molar-refractivity contribution in [1.29, 1.82) is 0 Å². The van der Waals surface area contributed by atoms with Crippen molar-refractivity contribution in [2.24, 2.45) is 0 Å². The summed E-state index contributed by atoms with van der Waals surface area (Å²) in [5.41, 5.74) is 1.76. The van der Waals surface area contributed by atoms with E-state index in [-0.39, 0.29) is 5.82 Å². The highest BCUT2D eigenvalue weighted by Gasteiger charge is 2.18. The topological polar surface area (TPSA) is 93.3 Å². The molecule has 7 nitrogen and oxygen atoms in total. The van der Waals surface area contributed by atoms with Gasteiger partial charge in [0.15, 0.2) is 11.6 Å². The van der Waals surface area contributed by atoms with Gasteiger partial charge in [-0.25, -0.2) is 0 Å². The number of methoxy groups -OCH3 is 1. The molecule has 23 heavy (non-hydrogen) atoms. The zero-order valence-corrected chi connectivity index (χ0v) is 12.5. The summed E-state index contributed by atoms with van der Waals surface area (Å²) in [6.07, 6.45) is 1.60. The second-order valence-corrected chi connectivity index (χ2v) is 4.93. The molecule has 0 unspecified atom stereocenters. The lowest BCUT2D eigenvalue weighted by atomic mass is 10.2. The molecule has 0 bridgehead atoms. The van der Waals surface area contributed by atoms with E-state index in [4.69, 9.17) is 4.74 Å². The van der Waals surface area contributed by atoms with Crippen molar-refractivity contribution in [3.05, 3.63) is 60.2 Å². The zero-order valence-electron chi connectivity index (χ0n) is 12.5. The lowest BCUT2D eigenvalue weighted by molar-refractivity contribution is -0.0518. The largest absolute Gasteiger partial charge is 0.497 e. The fourth-order valence-electron chi connectivity index (χ4n) is 2.29. The number of hydrogen-bond acceptors (Lipinski definition) is 6. The summed E-state index contributed by atoms with van der Waals surface area (Å²) in [4.78, 5) is 3.98. The fourth-order valence-corrected chi connectivity index (χ4v) is 2.29. The van der Waals surface area contributed by atoms with Crippen LogP contribution in [0.15, 0.2) is 48.8 Å². The predicted molar refractivity (Wildman–Crippen MR) is 82.5 cm³/mol. The highest BCUT2D eigenvalue weighted by atomic mass is 16.5. The molecule has 2 heterocycles. The molecule has 0 amide bonds. The Morgan fingerprint density at radius 2 is 1.74 bits per heavy atom. The second kappa shape index (κ2) is 6.55. The minimum absolute atomic E-state index is 0.0904. The molecule has 118 valence electrons. The first-order chi connectivity index (χ1) is 11.2. The van der Waals surface area contributed by atoms with E-state index in [1.54, 1.807) is 36.2 Å². The van der Waals surface area contributed by atoms with Crippen LogP contribution in [0.3, 0.4) is 0 Å². The number of aliphatic hydroxyl groups excluding tert-OH is 1. The third-order valence-electron chi connectivity index (χ3n) is 3.45. The maximum absolute atomic E-state index is 9.52. The Morgan fingerprint density at radius 3 is 2.35 bits per heavy atom. The van der Waals surface area contributed by atoms with Crippen LogP contribution in [0.4, 0.5) is 0 Å². The van der Waals surface area contributed by atoms with Gasteiger partial charge in [0, 0.05) is 18.0 Å². The van der Waals surface area contributed by atoms with E-state index in [0.29, 0.717) is 12.4 Å². The molecule has 0 radical (unpaired) electrons. The van der Waals surface area contributed by atoms with Crippen molar-refractivity contribution >= 4 is 0 Å². The van der Waals surface area contributed by atoms with Gasteiger partial charge in [0.1, 0.15) is 5.75 Å². The molecule has 0 saturated carbocycles. The van der Waals surface area contributed by atoms with Crippen LogP contribution >= 0.6 is 0 Å². The number of hydrogen-bond donors (Lipinski definition) is 2. The molecular formula is C16H16N4O3. The molecule has 0 fully saturated rings. The van der Waals surface area contributed by atoms with Gasteiger partial charge >= 0.3 is 0 Å². The van der Waals surface area contributed by atoms with E-state index in [0.717, 1.165) is 16.9 Å². The van der Waals surface area contributed by atoms with Crippen molar-refractivity contribution in [1.82, 2.24) is 19.7 Å². The van der Waals surface area contributed by atoms with Crippen molar-refractivity contribution < 1.29 is 14.9 Å². The first-order valence-corrected chi connectivity index (χ1v) is 7.01. The molecule has 3 aromatic rings. The lowest BCUT2D eigenvalue weighted by Gasteiger charge is -2.12. The van der Waals surface area contributed by atoms with Crippen LogP contribution in [0.25, 0.3) is 11.4 Å². The molecule has 0 aliphatic heterocycles.